The Bertz CT molecular complexity index is 258. The van der Waals surface area contributed by atoms with Crippen LogP contribution < -0.4 is 44.6 Å². The standard InChI is InChI=1S/C12H20N2.2BrH/c1-3-14(4-2)12-7-5-11(6-8-12)9-10-13;;/h5-8H,3-4,9-10,13H2,1-2H3;2*1H/p-2. The molecule has 4 heteroatoms. The summed E-state index contributed by atoms with van der Waals surface area (Å²) in [6, 6.07) is 8.69. The number of benzene rings is 1. The summed E-state index contributed by atoms with van der Waals surface area (Å²) in [5, 5.41) is 0. The topological polar surface area (TPSA) is 29.3 Å². The van der Waals surface area contributed by atoms with Gasteiger partial charge < -0.3 is 44.6 Å². The summed E-state index contributed by atoms with van der Waals surface area (Å²) in [5.41, 5.74) is 8.12. The summed E-state index contributed by atoms with van der Waals surface area (Å²) < 4.78 is 0. The van der Waals surface area contributed by atoms with Crippen molar-refractivity contribution in [1.29, 1.82) is 0 Å². The fraction of sp³-hybridized carbons (Fsp3) is 0.500. The summed E-state index contributed by atoms with van der Waals surface area (Å²) >= 11 is 0. The second-order valence-electron chi connectivity index (χ2n) is 3.38. The minimum Gasteiger partial charge on any atom is -1.00 e. The number of halogens is 2. The summed E-state index contributed by atoms with van der Waals surface area (Å²) in [6.45, 7) is 7.21. The van der Waals surface area contributed by atoms with E-state index in [2.05, 4.69) is 43.0 Å². The molecule has 1 rings (SSSR count). The molecule has 16 heavy (non-hydrogen) atoms. The van der Waals surface area contributed by atoms with E-state index in [-0.39, 0.29) is 34.0 Å². The molecule has 0 aliphatic rings. The molecule has 0 saturated heterocycles. The molecule has 0 atom stereocenters. The molecule has 0 bridgehead atoms. The van der Waals surface area contributed by atoms with Crippen molar-refractivity contribution in [2.75, 3.05) is 24.5 Å². The van der Waals surface area contributed by atoms with Crippen molar-refractivity contribution in [2.45, 2.75) is 20.3 Å². The van der Waals surface area contributed by atoms with E-state index in [9.17, 15) is 0 Å². The molecular formula is C12H20Br2N2-2. The number of nitrogens with zero attached hydrogens (tertiary/aromatic N) is 1. The summed E-state index contributed by atoms with van der Waals surface area (Å²) in [7, 11) is 0. The third-order valence-corrected chi connectivity index (χ3v) is 2.50. The second kappa shape index (κ2) is 10.1. The van der Waals surface area contributed by atoms with E-state index in [0.717, 1.165) is 26.1 Å². The zero-order valence-corrected chi connectivity index (χ0v) is 13.1. The number of nitrogens with two attached hydrogens (primary N) is 1. The third kappa shape index (κ3) is 5.32. The van der Waals surface area contributed by atoms with E-state index in [1.807, 2.05) is 0 Å². The van der Waals surface area contributed by atoms with Gasteiger partial charge in [-0.1, -0.05) is 12.1 Å². The smallest absolute Gasteiger partial charge is 0.0366 e. The van der Waals surface area contributed by atoms with Gasteiger partial charge in [0, 0.05) is 18.8 Å². The first-order valence-corrected chi connectivity index (χ1v) is 5.35. The van der Waals surface area contributed by atoms with Crippen LogP contribution in [0.5, 0.6) is 0 Å². The number of hydrogen-bond acceptors (Lipinski definition) is 2. The van der Waals surface area contributed by atoms with Crippen LogP contribution in [0.1, 0.15) is 19.4 Å². The quantitative estimate of drug-likeness (QED) is 0.586. The molecule has 2 N–H and O–H groups in total. The lowest BCUT2D eigenvalue weighted by Gasteiger charge is -2.21. The van der Waals surface area contributed by atoms with Crippen molar-refractivity contribution >= 4 is 5.69 Å². The van der Waals surface area contributed by atoms with Crippen molar-refractivity contribution in [3.05, 3.63) is 29.8 Å². The summed E-state index contributed by atoms with van der Waals surface area (Å²) in [4.78, 5) is 2.34. The highest BCUT2D eigenvalue weighted by atomic mass is 79.9. The Kier molecular flexibility index (Phi) is 11.6. The molecule has 0 heterocycles. The summed E-state index contributed by atoms with van der Waals surface area (Å²) in [5.74, 6) is 0. The number of anilines is 1. The lowest BCUT2D eigenvalue weighted by molar-refractivity contribution is -0.001000. The monoisotopic (exact) mass is 350 g/mol. The van der Waals surface area contributed by atoms with E-state index in [0.29, 0.717) is 0 Å². The first-order valence-electron chi connectivity index (χ1n) is 5.35. The fourth-order valence-electron chi connectivity index (χ4n) is 1.63. The van der Waals surface area contributed by atoms with Gasteiger partial charge in [0.1, 0.15) is 0 Å². The maximum Gasteiger partial charge on any atom is 0.0366 e. The average Bonchev–Trinajstić information content (AvgIpc) is 2.23. The predicted octanol–water partition coefficient (Wildman–Crippen LogP) is -3.96. The molecular weight excluding hydrogens is 332 g/mol. The van der Waals surface area contributed by atoms with Crippen molar-refractivity contribution < 1.29 is 34.0 Å². The summed E-state index contributed by atoms with van der Waals surface area (Å²) in [6.07, 6.45) is 0.971. The Labute approximate surface area is 120 Å². The van der Waals surface area contributed by atoms with Gasteiger partial charge in [-0.2, -0.15) is 0 Å². The van der Waals surface area contributed by atoms with Gasteiger partial charge in [-0.15, -0.1) is 0 Å². The molecule has 0 fully saturated rings. The third-order valence-electron chi connectivity index (χ3n) is 2.50. The van der Waals surface area contributed by atoms with Crippen LogP contribution >= 0.6 is 0 Å². The van der Waals surface area contributed by atoms with Crippen LogP contribution in [0.4, 0.5) is 5.69 Å². The highest BCUT2D eigenvalue weighted by molar-refractivity contribution is 5.47. The van der Waals surface area contributed by atoms with E-state index in [4.69, 9.17) is 5.73 Å². The highest BCUT2D eigenvalue weighted by Crippen LogP contribution is 2.14. The Balaban J connectivity index is 0. The molecule has 0 radical (unpaired) electrons. The molecule has 0 amide bonds. The molecule has 0 aromatic heterocycles. The first kappa shape index (κ1) is 18.3. The van der Waals surface area contributed by atoms with E-state index < -0.39 is 0 Å². The molecule has 0 aliphatic heterocycles. The highest BCUT2D eigenvalue weighted by Gasteiger charge is 2.00. The Hall–Kier alpha value is -0.0600. The molecule has 0 unspecified atom stereocenters. The first-order chi connectivity index (χ1) is 6.81. The fourth-order valence-corrected chi connectivity index (χ4v) is 1.63. The van der Waals surface area contributed by atoms with Gasteiger partial charge in [-0.3, -0.25) is 0 Å². The average molecular weight is 352 g/mol. The van der Waals surface area contributed by atoms with Crippen LogP contribution in [0.3, 0.4) is 0 Å². The lowest BCUT2D eigenvalue weighted by Crippen LogP contribution is -3.00. The van der Waals surface area contributed by atoms with Crippen LogP contribution in [-0.2, 0) is 6.42 Å². The Morgan fingerprint density at radius 3 is 1.88 bits per heavy atom. The van der Waals surface area contributed by atoms with Gasteiger partial charge in [-0.25, -0.2) is 0 Å². The Morgan fingerprint density at radius 2 is 1.50 bits per heavy atom. The lowest BCUT2D eigenvalue weighted by atomic mass is 10.1. The maximum atomic E-state index is 5.50. The van der Waals surface area contributed by atoms with Gasteiger partial charge in [0.05, 0.1) is 0 Å². The normalized spacial score (nSPS) is 8.94. The van der Waals surface area contributed by atoms with Crippen molar-refractivity contribution in [3.8, 4) is 0 Å². The van der Waals surface area contributed by atoms with Crippen LogP contribution in [0, 0.1) is 0 Å². The van der Waals surface area contributed by atoms with Crippen molar-refractivity contribution in [2.24, 2.45) is 5.73 Å². The maximum absolute atomic E-state index is 5.50. The van der Waals surface area contributed by atoms with Crippen LogP contribution in [0.2, 0.25) is 0 Å². The Morgan fingerprint density at radius 1 is 1.00 bits per heavy atom. The van der Waals surface area contributed by atoms with Gasteiger partial charge >= 0.3 is 0 Å². The minimum atomic E-state index is 0. The van der Waals surface area contributed by atoms with Gasteiger partial charge in [0.15, 0.2) is 0 Å². The minimum absolute atomic E-state index is 0. The van der Waals surface area contributed by atoms with E-state index in [1.54, 1.807) is 0 Å². The molecule has 0 aliphatic carbocycles. The molecule has 94 valence electrons. The van der Waals surface area contributed by atoms with Gasteiger partial charge in [0.2, 0.25) is 0 Å². The van der Waals surface area contributed by atoms with Crippen molar-refractivity contribution in [1.82, 2.24) is 0 Å². The molecule has 0 saturated carbocycles. The van der Waals surface area contributed by atoms with Gasteiger partial charge in [-0.05, 0) is 44.5 Å². The van der Waals surface area contributed by atoms with E-state index in [1.165, 1.54) is 11.3 Å². The second-order valence-corrected chi connectivity index (χ2v) is 3.38. The molecule has 1 aromatic carbocycles. The van der Waals surface area contributed by atoms with Crippen LogP contribution in [0.15, 0.2) is 24.3 Å². The zero-order chi connectivity index (χ0) is 10.4. The molecule has 2 nitrogen and oxygen atoms in total. The van der Waals surface area contributed by atoms with Crippen LogP contribution in [-0.4, -0.2) is 19.6 Å². The molecule has 1 aromatic rings. The molecule has 0 spiro atoms. The van der Waals surface area contributed by atoms with Crippen LogP contribution in [0.25, 0.3) is 0 Å². The van der Waals surface area contributed by atoms with Gasteiger partial charge in [0.25, 0.3) is 0 Å². The zero-order valence-electron chi connectivity index (χ0n) is 9.92. The number of rotatable bonds is 5. The number of hydrogen-bond donors (Lipinski definition) is 1. The SMILES string of the molecule is CCN(CC)c1ccc(CCN)cc1.[Br-].[Br-]. The predicted molar refractivity (Wildman–Crippen MR) is 62.8 cm³/mol. The van der Waals surface area contributed by atoms with E-state index >= 15 is 0 Å². The van der Waals surface area contributed by atoms with Crippen molar-refractivity contribution in [3.63, 3.8) is 0 Å². The largest absolute Gasteiger partial charge is 1.00 e.